The molecule has 1 heterocycles. The average Bonchev–Trinajstić information content (AvgIpc) is 3.39. The third kappa shape index (κ3) is 8.73. The standard InChI is InChI=1S/C41H53Cl2FN4O4S/c1-26-34-20-30(41(34,2)3)21-36(26)45-40(49)37-15-16-53(50,51)48(37)23-29-11-7-10-28(17-29)22-47(25-33-35(43)13-14-38(52-6)39(33)44)32(24-46(4)5)19-27-9-8-12-31(42)18-27/h7-14,17-18,26,30,32,34,36-37H,15-16,19-25H2,1-6H3,(H,45,49)/t26-,30+,32-,34-,36-,37?/m0/s1. The Labute approximate surface area is 325 Å². The Bertz CT molecular complexity index is 1910. The summed E-state index contributed by atoms with van der Waals surface area (Å²) in [5.74, 6) is 0.858. The Morgan fingerprint density at radius 2 is 1.75 bits per heavy atom. The van der Waals surface area contributed by atoms with E-state index in [4.69, 9.17) is 27.9 Å². The van der Waals surface area contributed by atoms with Crippen molar-refractivity contribution in [1.82, 2.24) is 19.4 Å². The van der Waals surface area contributed by atoms with Gasteiger partial charge in [0.25, 0.3) is 0 Å². The molecule has 8 nitrogen and oxygen atoms in total. The van der Waals surface area contributed by atoms with Gasteiger partial charge >= 0.3 is 0 Å². The van der Waals surface area contributed by atoms with Crippen LogP contribution in [0, 0.1) is 29.0 Å². The molecule has 3 aliphatic carbocycles. The minimum absolute atomic E-state index is 0.0559. The van der Waals surface area contributed by atoms with E-state index in [1.54, 1.807) is 6.07 Å². The molecule has 12 heteroatoms. The number of ether oxygens (including phenoxy) is 1. The first-order chi connectivity index (χ1) is 25.1. The molecule has 1 amide bonds. The highest BCUT2D eigenvalue weighted by Gasteiger charge is 2.56. The first-order valence-electron chi connectivity index (χ1n) is 18.6. The zero-order valence-corrected chi connectivity index (χ0v) is 33.9. The first-order valence-corrected chi connectivity index (χ1v) is 21.0. The second kappa shape index (κ2) is 16.2. The fourth-order valence-electron chi connectivity index (χ4n) is 9.11. The number of benzene rings is 3. The maximum Gasteiger partial charge on any atom is 0.238 e. The number of halogens is 3. The Morgan fingerprint density at radius 1 is 1.04 bits per heavy atom. The second-order valence-electron chi connectivity index (χ2n) is 16.3. The second-order valence-corrected chi connectivity index (χ2v) is 19.1. The molecule has 0 aromatic heterocycles. The third-order valence-electron chi connectivity index (χ3n) is 12.2. The summed E-state index contributed by atoms with van der Waals surface area (Å²) < 4.78 is 49.3. The number of carbonyl (C=O) groups excluding carboxylic acids is 1. The molecule has 0 radical (unpaired) electrons. The van der Waals surface area contributed by atoms with Crippen LogP contribution in [0.25, 0.3) is 0 Å². The van der Waals surface area contributed by atoms with Gasteiger partial charge in [-0.25, -0.2) is 12.8 Å². The lowest BCUT2D eigenvalue weighted by Crippen LogP contribution is -2.61. The van der Waals surface area contributed by atoms with Gasteiger partial charge in [0.1, 0.15) is 6.04 Å². The van der Waals surface area contributed by atoms with Gasteiger partial charge in [-0.2, -0.15) is 4.31 Å². The van der Waals surface area contributed by atoms with Gasteiger partial charge in [-0.1, -0.05) is 80.4 Å². The molecule has 288 valence electrons. The van der Waals surface area contributed by atoms with Crippen molar-refractivity contribution in [2.24, 2.45) is 23.2 Å². The van der Waals surface area contributed by atoms with Crippen molar-refractivity contribution in [3.8, 4) is 5.75 Å². The number of fused-ring (bicyclic) bond motifs is 2. The Morgan fingerprint density at radius 3 is 2.43 bits per heavy atom. The van der Waals surface area contributed by atoms with Crippen LogP contribution in [0.3, 0.4) is 0 Å². The van der Waals surface area contributed by atoms with Crippen molar-refractivity contribution in [2.45, 2.75) is 84.2 Å². The number of nitrogens with one attached hydrogen (secondary N) is 1. The van der Waals surface area contributed by atoms with Gasteiger partial charge in [0, 0.05) is 53.9 Å². The Kier molecular flexibility index (Phi) is 12.2. The number of carbonyl (C=O) groups is 1. The fraction of sp³-hybridized carbons (Fsp3) is 0.537. The molecular formula is C41H53Cl2FN4O4S. The number of amides is 1. The minimum atomic E-state index is -3.63. The highest BCUT2D eigenvalue weighted by molar-refractivity contribution is 7.89. The zero-order chi connectivity index (χ0) is 38.2. The summed E-state index contributed by atoms with van der Waals surface area (Å²) in [5, 5.41) is 4.23. The molecule has 1 saturated heterocycles. The van der Waals surface area contributed by atoms with Crippen LogP contribution in [0.15, 0.2) is 60.7 Å². The molecule has 53 heavy (non-hydrogen) atoms. The van der Waals surface area contributed by atoms with Crippen LogP contribution in [0.2, 0.25) is 10.0 Å². The molecule has 1 unspecified atom stereocenters. The van der Waals surface area contributed by atoms with Crippen LogP contribution in [0.1, 0.15) is 62.3 Å². The predicted molar refractivity (Wildman–Crippen MR) is 210 cm³/mol. The molecule has 4 aliphatic rings. The molecule has 1 aliphatic heterocycles. The summed E-state index contributed by atoms with van der Waals surface area (Å²) in [5.41, 5.74) is 3.38. The van der Waals surface area contributed by atoms with E-state index in [9.17, 15) is 13.2 Å². The third-order valence-corrected chi connectivity index (χ3v) is 14.7. The lowest BCUT2D eigenvalue weighted by Gasteiger charge is -2.62. The maximum absolute atomic E-state index is 15.8. The molecule has 7 rings (SSSR count). The predicted octanol–water partition coefficient (Wildman–Crippen LogP) is 7.41. The molecule has 6 atom stereocenters. The monoisotopic (exact) mass is 786 g/mol. The van der Waals surface area contributed by atoms with Crippen molar-refractivity contribution in [2.75, 3.05) is 33.5 Å². The molecule has 3 saturated carbocycles. The number of rotatable bonds is 14. The van der Waals surface area contributed by atoms with E-state index >= 15 is 4.39 Å². The summed E-state index contributed by atoms with van der Waals surface area (Å²) in [6.07, 6.45) is 3.05. The molecule has 3 aromatic carbocycles. The normalized spacial score (nSPS) is 25.3. The molecule has 4 fully saturated rings. The van der Waals surface area contributed by atoms with Crippen LogP contribution in [-0.4, -0.2) is 80.1 Å². The van der Waals surface area contributed by atoms with E-state index < -0.39 is 21.9 Å². The van der Waals surface area contributed by atoms with E-state index in [1.807, 2.05) is 62.6 Å². The van der Waals surface area contributed by atoms with Gasteiger partial charge in [-0.05, 0) is 104 Å². The van der Waals surface area contributed by atoms with Crippen molar-refractivity contribution in [3.63, 3.8) is 0 Å². The van der Waals surface area contributed by atoms with E-state index in [1.165, 1.54) is 23.9 Å². The van der Waals surface area contributed by atoms with Crippen LogP contribution in [-0.2, 0) is 40.9 Å². The van der Waals surface area contributed by atoms with Crippen LogP contribution in [0.4, 0.5) is 4.39 Å². The van der Waals surface area contributed by atoms with Gasteiger partial charge in [-0.3, -0.25) is 9.69 Å². The Hall–Kier alpha value is -2.73. The lowest BCUT2D eigenvalue weighted by atomic mass is 9.45. The number of sulfonamides is 1. The first kappa shape index (κ1) is 39.9. The van der Waals surface area contributed by atoms with Gasteiger partial charge in [-0.15, -0.1) is 0 Å². The summed E-state index contributed by atoms with van der Waals surface area (Å²) >= 11 is 13.0. The summed E-state index contributed by atoms with van der Waals surface area (Å²) in [6.45, 7) is 8.25. The quantitative estimate of drug-likeness (QED) is 0.184. The van der Waals surface area contributed by atoms with E-state index in [0.717, 1.165) is 23.1 Å². The van der Waals surface area contributed by atoms with E-state index in [2.05, 4.69) is 35.9 Å². The zero-order valence-electron chi connectivity index (χ0n) is 31.6. The SMILES string of the molecule is COc1ccc(Cl)c(CN(Cc2cccc(CN3C(C(=O)N[C@H]4C[C@H]5C[C@@H]([C@@H]4C)C5(C)C)CCS3(=O)=O)c2)[C@@H](Cc2cccc(Cl)c2)CN(C)C)c1F. The van der Waals surface area contributed by atoms with Crippen LogP contribution < -0.4 is 10.1 Å². The molecule has 3 aromatic rings. The average molecular weight is 788 g/mol. The fourth-order valence-corrected chi connectivity index (χ4v) is 11.2. The topological polar surface area (TPSA) is 82.2 Å². The van der Waals surface area contributed by atoms with Crippen molar-refractivity contribution in [3.05, 3.63) is 98.8 Å². The number of hydrogen-bond donors (Lipinski definition) is 1. The van der Waals surface area contributed by atoms with Gasteiger partial charge in [0.2, 0.25) is 15.9 Å². The number of methoxy groups -OCH3 is 1. The maximum atomic E-state index is 15.8. The highest BCUT2D eigenvalue weighted by atomic mass is 35.5. The number of nitrogens with zero attached hydrogens (tertiary/aromatic N) is 3. The van der Waals surface area contributed by atoms with Crippen LogP contribution >= 0.6 is 23.2 Å². The Balaban J connectivity index is 1.25. The largest absolute Gasteiger partial charge is 0.494 e. The molecule has 2 bridgehead atoms. The number of hydrogen-bond acceptors (Lipinski definition) is 6. The van der Waals surface area contributed by atoms with Gasteiger partial charge in [0.15, 0.2) is 11.6 Å². The summed E-state index contributed by atoms with van der Waals surface area (Å²) in [6, 6.07) is 17.9. The van der Waals surface area contributed by atoms with E-state index in [0.29, 0.717) is 58.3 Å². The minimum Gasteiger partial charge on any atom is -0.494 e. The number of likely N-dealkylation sites (N-methyl/N-ethyl adjacent to an activating group) is 1. The van der Waals surface area contributed by atoms with Crippen molar-refractivity contribution >= 4 is 39.1 Å². The van der Waals surface area contributed by atoms with Gasteiger partial charge < -0.3 is 15.0 Å². The van der Waals surface area contributed by atoms with Gasteiger partial charge in [0.05, 0.1) is 12.9 Å². The van der Waals surface area contributed by atoms with Crippen molar-refractivity contribution < 1.29 is 22.3 Å². The van der Waals surface area contributed by atoms with E-state index in [-0.39, 0.29) is 49.0 Å². The lowest BCUT2D eigenvalue weighted by molar-refractivity contribution is -0.136. The molecular weight excluding hydrogens is 734 g/mol. The summed E-state index contributed by atoms with van der Waals surface area (Å²) in [7, 11) is 1.81. The highest BCUT2D eigenvalue weighted by Crippen LogP contribution is 2.61. The molecule has 0 spiro atoms. The smallest absolute Gasteiger partial charge is 0.238 e. The molecule has 1 N–H and O–H groups in total. The van der Waals surface area contributed by atoms with Crippen molar-refractivity contribution in [1.29, 1.82) is 0 Å². The van der Waals surface area contributed by atoms with Crippen LogP contribution in [0.5, 0.6) is 5.75 Å². The summed E-state index contributed by atoms with van der Waals surface area (Å²) in [4.78, 5) is 18.1.